The molecule has 7 nitrogen and oxygen atoms in total. The molecule has 8 heteroatoms. The zero-order chi connectivity index (χ0) is 22.4. The van der Waals surface area contributed by atoms with E-state index < -0.39 is 5.97 Å². The van der Waals surface area contributed by atoms with Crippen LogP contribution in [0.2, 0.25) is 0 Å². The van der Waals surface area contributed by atoms with Gasteiger partial charge in [0.25, 0.3) is 0 Å². The minimum atomic E-state index is -0.634. The smallest absolute Gasteiger partial charge is 0.344 e. The van der Waals surface area contributed by atoms with Crippen molar-refractivity contribution >= 4 is 34.5 Å². The van der Waals surface area contributed by atoms with Crippen LogP contribution >= 0.6 is 11.8 Å². The van der Waals surface area contributed by atoms with Gasteiger partial charge in [-0.2, -0.15) is 0 Å². The SMILES string of the molecule is CCOC(=O)C1=C(O)/C(=C/c2ccc(OC)cc2OC)SC1=Nc1ccc(OC)cc1. The van der Waals surface area contributed by atoms with E-state index >= 15 is 0 Å². The number of rotatable bonds is 7. The highest BCUT2D eigenvalue weighted by atomic mass is 32.2. The average Bonchev–Trinajstić information content (AvgIpc) is 3.09. The highest BCUT2D eigenvalue weighted by molar-refractivity contribution is 8.18. The summed E-state index contributed by atoms with van der Waals surface area (Å²) < 4.78 is 20.9. The van der Waals surface area contributed by atoms with E-state index in [0.717, 1.165) is 0 Å². The van der Waals surface area contributed by atoms with Gasteiger partial charge in [0.2, 0.25) is 0 Å². The van der Waals surface area contributed by atoms with Crippen LogP contribution in [0, 0.1) is 0 Å². The number of methoxy groups -OCH3 is 3. The molecular weight excluding hydrogens is 418 g/mol. The van der Waals surface area contributed by atoms with Crippen molar-refractivity contribution in [3.05, 3.63) is 64.3 Å². The summed E-state index contributed by atoms with van der Waals surface area (Å²) in [6.07, 6.45) is 1.73. The molecule has 2 aromatic carbocycles. The van der Waals surface area contributed by atoms with E-state index in [-0.39, 0.29) is 17.9 Å². The standard InChI is InChI=1S/C23H23NO6S/c1-5-30-23(26)20-21(25)19(12-14-6-9-17(28-3)13-18(14)29-4)31-22(20)24-15-7-10-16(27-2)11-8-15/h6-13,25H,5H2,1-4H3/b19-12-,24-22?. The minimum absolute atomic E-state index is 0.0291. The molecule has 0 amide bonds. The normalized spacial score (nSPS) is 16.0. The maximum atomic E-state index is 12.5. The Labute approximate surface area is 185 Å². The van der Waals surface area contributed by atoms with Gasteiger partial charge in [-0.05, 0) is 49.4 Å². The molecular formula is C23H23NO6S. The van der Waals surface area contributed by atoms with Crippen molar-refractivity contribution in [2.45, 2.75) is 6.92 Å². The van der Waals surface area contributed by atoms with Gasteiger partial charge in [-0.25, -0.2) is 9.79 Å². The zero-order valence-electron chi connectivity index (χ0n) is 17.7. The minimum Gasteiger partial charge on any atom is -0.506 e. The first-order chi connectivity index (χ1) is 15.0. The first-order valence-electron chi connectivity index (χ1n) is 9.46. The molecule has 0 saturated carbocycles. The number of aliphatic hydroxyl groups excluding tert-OH is 1. The molecule has 162 valence electrons. The molecule has 0 atom stereocenters. The van der Waals surface area contributed by atoms with Gasteiger partial charge in [0.05, 0.1) is 38.5 Å². The van der Waals surface area contributed by atoms with Crippen molar-refractivity contribution in [1.29, 1.82) is 0 Å². The average molecular weight is 442 g/mol. The van der Waals surface area contributed by atoms with E-state index in [2.05, 4.69) is 4.99 Å². The van der Waals surface area contributed by atoms with Crippen LogP contribution < -0.4 is 14.2 Å². The summed E-state index contributed by atoms with van der Waals surface area (Å²) >= 11 is 1.18. The third-order valence-corrected chi connectivity index (χ3v) is 5.42. The number of thioether (sulfide) groups is 1. The third kappa shape index (κ3) is 5.03. The highest BCUT2D eigenvalue weighted by Gasteiger charge is 2.33. The Morgan fingerprint density at radius 3 is 2.32 bits per heavy atom. The first kappa shape index (κ1) is 22.3. The lowest BCUT2D eigenvalue weighted by Crippen LogP contribution is -2.12. The van der Waals surface area contributed by atoms with E-state index in [1.165, 1.54) is 11.8 Å². The molecule has 1 heterocycles. The Morgan fingerprint density at radius 2 is 1.71 bits per heavy atom. The van der Waals surface area contributed by atoms with Crippen molar-refractivity contribution in [3.63, 3.8) is 0 Å². The third-order valence-electron chi connectivity index (χ3n) is 4.40. The van der Waals surface area contributed by atoms with Gasteiger partial charge in [0.15, 0.2) is 0 Å². The number of nitrogens with zero attached hydrogens (tertiary/aromatic N) is 1. The Bertz CT molecular complexity index is 1060. The summed E-state index contributed by atoms with van der Waals surface area (Å²) in [4.78, 5) is 17.5. The fourth-order valence-electron chi connectivity index (χ4n) is 2.84. The van der Waals surface area contributed by atoms with E-state index in [9.17, 15) is 9.90 Å². The molecule has 1 aliphatic rings. The number of aliphatic imine (C=N–C) groups is 1. The molecule has 0 spiro atoms. The largest absolute Gasteiger partial charge is 0.506 e. The number of carbonyl (C=O) groups is 1. The Balaban J connectivity index is 2.04. The summed E-state index contributed by atoms with van der Waals surface area (Å²) in [6.45, 7) is 1.89. The van der Waals surface area contributed by atoms with E-state index in [4.69, 9.17) is 18.9 Å². The molecule has 0 radical (unpaired) electrons. The lowest BCUT2D eigenvalue weighted by atomic mass is 10.1. The molecule has 1 N–H and O–H groups in total. The summed E-state index contributed by atoms with van der Waals surface area (Å²) in [5, 5.41) is 11.2. The number of carbonyl (C=O) groups excluding carboxylic acids is 1. The fraction of sp³-hybridized carbons (Fsp3) is 0.217. The quantitative estimate of drug-likeness (QED) is 0.611. The molecule has 0 unspecified atom stereocenters. The molecule has 31 heavy (non-hydrogen) atoms. The monoisotopic (exact) mass is 441 g/mol. The van der Waals surface area contributed by atoms with Gasteiger partial charge < -0.3 is 24.1 Å². The molecule has 3 rings (SSSR count). The lowest BCUT2D eigenvalue weighted by molar-refractivity contribution is -0.138. The number of esters is 1. The molecule has 0 aliphatic carbocycles. The van der Waals surface area contributed by atoms with Crippen molar-refractivity contribution in [1.82, 2.24) is 0 Å². The summed E-state index contributed by atoms with van der Waals surface area (Å²) in [6, 6.07) is 12.4. The Hall–Kier alpha value is -3.39. The number of hydrogen-bond donors (Lipinski definition) is 1. The van der Waals surface area contributed by atoms with Crippen LogP contribution in [-0.4, -0.2) is 44.1 Å². The highest BCUT2D eigenvalue weighted by Crippen LogP contribution is 2.41. The van der Waals surface area contributed by atoms with E-state index in [0.29, 0.717) is 38.4 Å². The molecule has 0 fully saturated rings. The van der Waals surface area contributed by atoms with Crippen molar-refractivity contribution in [2.24, 2.45) is 4.99 Å². The van der Waals surface area contributed by atoms with Crippen LogP contribution in [0.15, 0.2) is 63.7 Å². The van der Waals surface area contributed by atoms with Crippen molar-refractivity contribution < 1.29 is 28.8 Å². The Kier molecular flexibility index (Phi) is 7.25. The topological polar surface area (TPSA) is 86.6 Å². The Morgan fingerprint density at radius 1 is 1.03 bits per heavy atom. The second-order valence-corrected chi connectivity index (χ2v) is 7.31. The van der Waals surface area contributed by atoms with E-state index in [1.54, 1.807) is 76.8 Å². The molecule has 1 aliphatic heterocycles. The number of hydrogen-bond acceptors (Lipinski definition) is 8. The summed E-state index contributed by atoms with van der Waals surface area (Å²) in [5.74, 6) is 1.09. The summed E-state index contributed by atoms with van der Waals surface area (Å²) in [5.41, 5.74) is 1.36. The van der Waals surface area contributed by atoms with Gasteiger partial charge >= 0.3 is 5.97 Å². The number of aliphatic hydroxyl groups is 1. The van der Waals surface area contributed by atoms with Crippen molar-refractivity contribution in [2.75, 3.05) is 27.9 Å². The molecule has 0 bridgehead atoms. The molecule has 0 saturated heterocycles. The van der Waals surface area contributed by atoms with Gasteiger partial charge in [-0.1, -0.05) is 11.8 Å². The van der Waals surface area contributed by atoms with Gasteiger partial charge in [-0.15, -0.1) is 0 Å². The summed E-state index contributed by atoms with van der Waals surface area (Å²) in [7, 11) is 4.70. The van der Waals surface area contributed by atoms with Crippen LogP contribution in [0.4, 0.5) is 5.69 Å². The maximum absolute atomic E-state index is 12.5. The van der Waals surface area contributed by atoms with Crippen molar-refractivity contribution in [3.8, 4) is 17.2 Å². The second kappa shape index (κ2) is 10.1. The molecule has 0 aromatic heterocycles. The van der Waals surface area contributed by atoms with Gasteiger partial charge in [-0.3, -0.25) is 0 Å². The maximum Gasteiger partial charge on any atom is 0.344 e. The van der Waals surface area contributed by atoms with Crippen LogP contribution in [0.1, 0.15) is 12.5 Å². The fourth-order valence-corrected chi connectivity index (χ4v) is 3.87. The van der Waals surface area contributed by atoms with Crippen LogP contribution in [0.25, 0.3) is 6.08 Å². The molecule has 2 aromatic rings. The predicted molar refractivity (Wildman–Crippen MR) is 121 cm³/mol. The second-order valence-electron chi connectivity index (χ2n) is 6.28. The zero-order valence-corrected chi connectivity index (χ0v) is 18.5. The van der Waals surface area contributed by atoms with Crippen LogP contribution in [-0.2, 0) is 9.53 Å². The van der Waals surface area contributed by atoms with Crippen LogP contribution in [0.3, 0.4) is 0 Å². The number of benzene rings is 2. The first-order valence-corrected chi connectivity index (χ1v) is 10.3. The van der Waals surface area contributed by atoms with Crippen LogP contribution in [0.5, 0.6) is 17.2 Å². The predicted octanol–water partition coefficient (Wildman–Crippen LogP) is 4.91. The lowest BCUT2D eigenvalue weighted by Gasteiger charge is -2.08. The van der Waals surface area contributed by atoms with E-state index in [1.807, 2.05) is 0 Å². The van der Waals surface area contributed by atoms with Gasteiger partial charge in [0, 0.05) is 11.6 Å². The number of ether oxygens (including phenoxy) is 4. The van der Waals surface area contributed by atoms with Gasteiger partial charge in [0.1, 0.15) is 33.6 Å².